The quantitative estimate of drug-likeness (QED) is 0.669. The Kier molecular flexibility index (Phi) is 4.83. The molecule has 0 spiro atoms. The summed E-state index contributed by atoms with van der Waals surface area (Å²) in [7, 11) is -1.67. The largest absolute Gasteiger partial charge is 0.475 e. The van der Waals surface area contributed by atoms with Gasteiger partial charge in [0.1, 0.15) is 11.5 Å². The number of nitrogens with zero attached hydrogens (tertiary/aromatic N) is 3. The smallest absolute Gasteiger partial charge is 0.354 e. The Morgan fingerprint density at radius 1 is 1.26 bits per heavy atom. The van der Waals surface area contributed by atoms with Gasteiger partial charge in [0.15, 0.2) is 9.92 Å². The number of urea groups is 1. The van der Waals surface area contributed by atoms with Crippen molar-refractivity contribution in [2.75, 3.05) is 19.0 Å². The number of carbonyl (C=O) groups is 1. The Balaban J connectivity index is 1.45. The number of rotatable bonds is 3. The highest BCUT2D eigenvalue weighted by Crippen LogP contribution is 2.39. The van der Waals surface area contributed by atoms with Crippen LogP contribution in [0.4, 0.5) is 10.5 Å². The van der Waals surface area contributed by atoms with Crippen LogP contribution in [0.15, 0.2) is 21.5 Å². The molecule has 0 saturated carbocycles. The summed E-state index contributed by atoms with van der Waals surface area (Å²) >= 11 is 0. The third kappa shape index (κ3) is 3.52. The summed E-state index contributed by atoms with van der Waals surface area (Å²) in [6.45, 7) is 2.90. The molecule has 0 fully saturated rings. The molecule has 1 aromatic carbocycles. The zero-order valence-corrected chi connectivity index (χ0v) is 18.7. The first-order valence-corrected chi connectivity index (χ1v) is 12.3. The lowest BCUT2D eigenvalue weighted by molar-refractivity contribution is 0.121. The van der Waals surface area contributed by atoms with E-state index in [4.69, 9.17) is 9.88 Å². The summed E-state index contributed by atoms with van der Waals surface area (Å²) in [6.07, 6.45) is 7.47. The van der Waals surface area contributed by atoms with E-state index in [-0.39, 0.29) is 10.4 Å². The van der Waals surface area contributed by atoms with E-state index in [1.165, 1.54) is 28.5 Å². The zero-order valence-electron chi connectivity index (χ0n) is 17.9. The monoisotopic (exact) mass is 444 g/mol. The van der Waals surface area contributed by atoms with Gasteiger partial charge in [-0.15, -0.1) is 4.36 Å². The maximum absolute atomic E-state index is 13.2. The molecular weight excluding hydrogens is 416 g/mol. The lowest BCUT2D eigenvalue weighted by atomic mass is 9.99. The summed E-state index contributed by atoms with van der Waals surface area (Å²) in [5.74, 6) is 0.304. The van der Waals surface area contributed by atoms with Gasteiger partial charge in [-0.2, -0.15) is 5.10 Å². The molecule has 2 aromatic rings. The van der Waals surface area contributed by atoms with Crippen molar-refractivity contribution >= 4 is 21.6 Å². The van der Waals surface area contributed by atoms with Gasteiger partial charge >= 0.3 is 6.03 Å². The highest BCUT2D eigenvalue weighted by molar-refractivity contribution is 7.91. The lowest BCUT2D eigenvalue weighted by Crippen LogP contribution is -2.51. The van der Waals surface area contributed by atoms with E-state index in [1.807, 2.05) is 14.0 Å². The first-order valence-electron chi connectivity index (χ1n) is 10.7. The van der Waals surface area contributed by atoms with Crippen LogP contribution >= 0.6 is 0 Å². The van der Waals surface area contributed by atoms with Crippen molar-refractivity contribution in [3.05, 3.63) is 34.5 Å². The van der Waals surface area contributed by atoms with Gasteiger partial charge in [0, 0.05) is 5.69 Å². The van der Waals surface area contributed by atoms with Crippen LogP contribution in [0, 0.1) is 0 Å². The topological polar surface area (TPSA) is 124 Å². The molecule has 2 atom stereocenters. The van der Waals surface area contributed by atoms with Crippen molar-refractivity contribution < 1.29 is 13.7 Å². The van der Waals surface area contributed by atoms with E-state index in [0.717, 1.165) is 44.2 Å². The minimum absolute atomic E-state index is 0.143. The zero-order chi connectivity index (χ0) is 21.8. The molecule has 2 heterocycles. The molecule has 1 aliphatic heterocycles. The van der Waals surface area contributed by atoms with Crippen LogP contribution in [0.1, 0.15) is 42.0 Å². The molecule has 2 aliphatic carbocycles. The molecule has 4 N–H and O–H groups in total. The summed E-state index contributed by atoms with van der Waals surface area (Å²) in [5.41, 5.74) is 5.53. The van der Waals surface area contributed by atoms with Crippen molar-refractivity contribution in [3.63, 3.8) is 0 Å². The van der Waals surface area contributed by atoms with Gasteiger partial charge in [-0.3, -0.25) is 0 Å². The van der Waals surface area contributed by atoms with Crippen molar-refractivity contribution in [1.29, 1.82) is 0 Å². The minimum atomic E-state index is -3.52. The van der Waals surface area contributed by atoms with Crippen LogP contribution < -0.4 is 20.5 Å². The molecule has 5 rings (SSSR count). The number of amides is 2. The van der Waals surface area contributed by atoms with E-state index in [1.54, 1.807) is 4.68 Å². The van der Waals surface area contributed by atoms with E-state index >= 15 is 0 Å². The van der Waals surface area contributed by atoms with Gasteiger partial charge in [0.25, 0.3) is 0 Å². The number of aryl methyl sites for hydroxylation is 2. The SMILES string of the molecule is CNC1(C)COc2c(S(N)(=O)=NC(=O)Nc3c4c(cc5c3CCC5)CCC4)cnn2C1. The van der Waals surface area contributed by atoms with Gasteiger partial charge in [0.05, 0.1) is 18.3 Å². The number of carbonyl (C=O) groups excluding carboxylic acids is 1. The van der Waals surface area contributed by atoms with Crippen LogP contribution in [0.2, 0.25) is 0 Å². The second-order valence-electron chi connectivity index (χ2n) is 8.90. The number of anilines is 1. The van der Waals surface area contributed by atoms with E-state index in [0.29, 0.717) is 19.0 Å². The third-order valence-electron chi connectivity index (χ3n) is 6.63. The van der Waals surface area contributed by atoms with Crippen LogP contribution in [-0.2, 0) is 42.1 Å². The van der Waals surface area contributed by atoms with Crippen LogP contribution in [0.5, 0.6) is 5.88 Å². The maximum Gasteiger partial charge on any atom is 0.354 e. The highest BCUT2D eigenvalue weighted by atomic mass is 32.2. The number of hydrogen-bond donors (Lipinski definition) is 3. The molecule has 9 nitrogen and oxygen atoms in total. The number of hydrogen-bond acceptors (Lipinski definition) is 5. The predicted octanol–water partition coefficient (Wildman–Crippen LogP) is 2.16. The molecule has 2 unspecified atom stereocenters. The number of nitrogens with two attached hydrogens (primary N) is 1. The van der Waals surface area contributed by atoms with Gasteiger partial charge in [-0.1, -0.05) is 6.07 Å². The number of nitrogens with one attached hydrogen (secondary N) is 2. The second kappa shape index (κ2) is 7.32. The summed E-state index contributed by atoms with van der Waals surface area (Å²) in [5, 5.41) is 16.4. The number of benzene rings is 1. The summed E-state index contributed by atoms with van der Waals surface area (Å²) in [6, 6.07) is 1.59. The van der Waals surface area contributed by atoms with Gasteiger partial charge in [-0.25, -0.2) is 18.8 Å². The average Bonchev–Trinajstić information content (AvgIpc) is 3.46. The number of likely N-dealkylation sites (N-methyl/N-ethyl adjacent to an activating group) is 1. The first-order chi connectivity index (χ1) is 14.8. The Bertz CT molecular complexity index is 1160. The van der Waals surface area contributed by atoms with Gasteiger partial charge in [-0.05, 0) is 74.8 Å². The lowest BCUT2D eigenvalue weighted by Gasteiger charge is -2.33. The third-order valence-corrected chi connectivity index (χ3v) is 7.98. The Morgan fingerprint density at radius 2 is 1.94 bits per heavy atom. The van der Waals surface area contributed by atoms with Gasteiger partial charge < -0.3 is 15.4 Å². The fraction of sp³-hybridized carbons (Fsp3) is 0.524. The van der Waals surface area contributed by atoms with Crippen LogP contribution in [0.25, 0.3) is 0 Å². The molecule has 3 aliphatic rings. The van der Waals surface area contributed by atoms with Crippen molar-refractivity contribution in [3.8, 4) is 5.88 Å². The molecule has 2 amide bonds. The molecule has 0 bridgehead atoms. The number of fused-ring (bicyclic) bond motifs is 3. The fourth-order valence-corrected chi connectivity index (χ4v) is 5.84. The van der Waals surface area contributed by atoms with Crippen molar-refractivity contribution in [1.82, 2.24) is 15.1 Å². The highest BCUT2D eigenvalue weighted by Gasteiger charge is 2.34. The molecule has 166 valence electrons. The van der Waals surface area contributed by atoms with Crippen LogP contribution in [-0.4, -0.2) is 39.2 Å². The fourth-order valence-electron chi connectivity index (χ4n) is 4.84. The Hall–Kier alpha value is -2.43. The summed E-state index contributed by atoms with van der Waals surface area (Å²) in [4.78, 5) is 13.0. The number of ether oxygens (including phenoxy) is 1. The van der Waals surface area contributed by atoms with Crippen molar-refractivity contribution in [2.45, 2.75) is 62.4 Å². The normalized spacial score (nSPS) is 23.3. The second-order valence-corrected chi connectivity index (χ2v) is 10.7. The molecule has 10 heteroatoms. The Labute approximate surface area is 182 Å². The minimum Gasteiger partial charge on any atom is -0.475 e. The van der Waals surface area contributed by atoms with E-state index in [9.17, 15) is 9.00 Å². The standard InChI is InChI=1S/C21H28N6O3S/c1-21(23-2)11-27-19(30-12-21)17(10-24-27)31(22,29)26-20(28)25-18-15-7-3-5-13(15)9-14-6-4-8-16(14)18/h9-10,23H,3-8,11-12H2,1-2H3,(H3,22,25,26,28,29). The maximum atomic E-state index is 13.2. The summed E-state index contributed by atoms with van der Waals surface area (Å²) < 4.78 is 24.5. The molecule has 31 heavy (non-hydrogen) atoms. The Morgan fingerprint density at radius 3 is 2.58 bits per heavy atom. The molecule has 0 radical (unpaired) electrons. The predicted molar refractivity (Wildman–Crippen MR) is 118 cm³/mol. The molecular formula is C21H28N6O3S. The van der Waals surface area contributed by atoms with Crippen molar-refractivity contribution in [2.24, 2.45) is 9.50 Å². The number of aromatic nitrogens is 2. The first kappa shape index (κ1) is 20.5. The van der Waals surface area contributed by atoms with E-state index < -0.39 is 15.9 Å². The molecule has 0 saturated heterocycles. The average molecular weight is 445 g/mol. The van der Waals surface area contributed by atoms with Gasteiger partial charge in [0.2, 0.25) is 5.88 Å². The van der Waals surface area contributed by atoms with E-state index in [2.05, 4.69) is 26.2 Å². The van der Waals surface area contributed by atoms with Crippen LogP contribution in [0.3, 0.4) is 0 Å². The molecule has 1 aromatic heterocycles.